The lowest BCUT2D eigenvalue weighted by atomic mass is 9.44. The van der Waals surface area contributed by atoms with E-state index in [1.807, 2.05) is 12.1 Å². The maximum atomic E-state index is 5.98. The number of aromatic nitrogens is 1. The van der Waals surface area contributed by atoms with E-state index in [4.69, 9.17) is 16.3 Å². The summed E-state index contributed by atoms with van der Waals surface area (Å²) in [5.74, 6) is 6.40. The molecule has 1 unspecified atom stereocenters. The number of hydrogen-bond acceptors (Lipinski definition) is 2. The fourth-order valence-electron chi connectivity index (χ4n) is 9.52. The van der Waals surface area contributed by atoms with Crippen molar-refractivity contribution in [2.75, 3.05) is 6.61 Å². The quantitative estimate of drug-likeness (QED) is 0.315. The highest BCUT2D eigenvalue weighted by atomic mass is 35.5. The minimum absolute atomic E-state index is 0.507. The molecular formula is C29H44ClNO. The van der Waals surface area contributed by atoms with Gasteiger partial charge in [0.05, 0.1) is 6.61 Å². The molecule has 0 bridgehead atoms. The topological polar surface area (TPSA) is 22.1 Å². The monoisotopic (exact) mass is 457 g/mol. The Morgan fingerprint density at radius 2 is 1.84 bits per heavy atom. The third kappa shape index (κ3) is 4.01. The van der Waals surface area contributed by atoms with Crippen LogP contribution in [0.1, 0.15) is 97.8 Å². The van der Waals surface area contributed by atoms with E-state index in [-0.39, 0.29) is 0 Å². The summed E-state index contributed by atoms with van der Waals surface area (Å²) in [5, 5.41) is 0.507. The molecular weight excluding hydrogens is 414 g/mol. The van der Waals surface area contributed by atoms with Gasteiger partial charge in [0.1, 0.15) is 5.15 Å². The summed E-state index contributed by atoms with van der Waals surface area (Å²) >= 11 is 5.98. The number of nitrogens with zero attached hydrogens (tertiary/aromatic N) is 1. The smallest absolute Gasteiger partial charge is 0.214 e. The number of halogens is 1. The molecule has 1 aromatic heterocycles. The minimum atomic E-state index is 0.507. The van der Waals surface area contributed by atoms with Gasteiger partial charge in [0.2, 0.25) is 5.88 Å². The van der Waals surface area contributed by atoms with Crippen molar-refractivity contribution in [2.45, 2.75) is 97.8 Å². The van der Waals surface area contributed by atoms with E-state index < -0.39 is 0 Å². The molecule has 178 valence electrons. The molecule has 0 aliphatic heterocycles. The van der Waals surface area contributed by atoms with Gasteiger partial charge in [-0.2, -0.15) is 0 Å². The summed E-state index contributed by atoms with van der Waals surface area (Å²) in [6, 6.07) is 5.60. The molecule has 0 aromatic carbocycles. The summed E-state index contributed by atoms with van der Waals surface area (Å²) in [7, 11) is 0. The van der Waals surface area contributed by atoms with Gasteiger partial charge in [-0.25, -0.2) is 4.98 Å². The highest BCUT2D eigenvalue weighted by Crippen LogP contribution is 2.68. The van der Waals surface area contributed by atoms with Gasteiger partial charge in [-0.1, -0.05) is 51.3 Å². The Bertz CT molecular complexity index is 797. The number of pyridine rings is 1. The molecule has 0 saturated heterocycles. The van der Waals surface area contributed by atoms with Gasteiger partial charge in [0.25, 0.3) is 0 Å². The van der Waals surface area contributed by atoms with Crippen LogP contribution < -0.4 is 4.74 Å². The summed E-state index contributed by atoms with van der Waals surface area (Å²) < 4.78 is 5.87. The van der Waals surface area contributed by atoms with Crippen LogP contribution in [0.2, 0.25) is 5.15 Å². The van der Waals surface area contributed by atoms with Crippen LogP contribution in [0.3, 0.4) is 0 Å². The number of ether oxygens (including phenoxy) is 1. The predicted octanol–water partition coefficient (Wildman–Crippen LogP) is 8.58. The van der Waals surface area contributed by atoms with E-state index in [0.29, 0.717) is 21.9 Å². The molecule has 0 amide bonds. The molecule has 4 fully saturated rings. The Morgan fingerprint density at radius 1 is 1.00 bits per heavy atom. The zero-order valence-corrected chi connectivity index (χ0v) is 21.4. The second kappa shape index (κ2) is 9.12. The van der Waals surface area contributed by atoms with E-state index in [2.05, 4.69) is 25.8 Å². The van der Waals surface area contributed by atoms with Crippen LogP contribution >= 0.6 is 11.6 Å². The van der Waals surface area contributed by atoms with Crippen molar-refractivity contribution in [2.24, 2.45) is 46.3 Å². The molecule has 5 rings (SSSR count). The Labute approximate surface area is 201 Å². The average molecular weight is 458 g/mol. The molecule has 4 aliphatic carbocycles. The van der Waals surface area contributed by atoms with E-state index in [1.54, 1.807) is 6.07 Å². The van der Waals surface area contributed by atoms with Crippen LogP contribution in [0.15, 0.2) is 18.2 Å². The van der Waals surface area contributed by atoms with Gasteiger partial charge in [0, 0.05) is 6.07 Å². The van der Waals surface area contributed by atoms with Crippen molar-refractivity contribution >= 4 is 11.6 Å². The highest BCUT2D eigenvalue weighted by molar-refractivity contribution is 6.29. The molecule has 4 saturated carbocycles. The van der Waals surface area contributed by atoms with Gasteiger partial charge in [-0.3, -0.25) is 0 Å². The number of hydrogen-bond donors (Lipinski definition) is 0. The SMILES string of the molecule is C[C@H](CCCOc1cccc(Cl)n1)[C@H]1CC[C@H]2[C@@H]3CCC4CCCC[C@]4(C)[C@H]3CC[C@]12C. The van der Waals surface area contributed by atoms with Crippen LogP contribution in [0.25, 0.3) is 0 Å². The summed E-state index contributed by atoms with van der Waals surface area (Å²) in [6.07, 6.45) is 17.4. The van der Waals surface area contributed by atoms with E-state index in [1.165, 1.54) is 70.6 Å². The van der Waals surface area contributed by atoms with E-state index in [9.17, 15) is 0 Å². The summed E-state index contributed by atoms with van der Waals surface area (Å²) in [6.45, 7) is 8.68. The van der Waals surface area contributed by atoms with Crippen molar-refractivity contribution in [1.29, 1.82) is 0 Å². The standard InChI is InChI=1S/C29H44ClNO/c1-20(8-7-19-32-27-11-6-10-26(30)31-27)23-14-15-24-22-13-12-21-9-4-5-17-28(21,2)25(22)16-18-29(23,24)3/h6,10-11,20-25H,4-5,7-9,12-19H2,1-3H3/t20-,21?,22+,23-,24+,25+,28+,29-/m1/s1. The van der Waals surface area contributed by atoms with Gasteiger partial charge < -0.3 is 4.74 Å². The van der Waals surface area contributed by atoms with Crippen molar-refractivity contribution in [3.63, 3.8) is 0 Å². The highest BCUT2D eigenvalue weighted by Gasteiger charge is 2.60. The van der Waals surface area contributed by atoms with E-state index in [0.717, 1.165) is 48.5 Å². The van der Waals surface area contributed by atoms with E-state index >= 15 is 0 Å². The second-order valence-corrected chi connectivity index (χ2v) is 12.8. The first-order chi connectivity index (χ1) is 15.4. The zero-order valence-electron chi connectivity index (χ0n) is 20.6. The maximum Gasteiger partial charge on any atom is 0.214 e. The van der Waals surface area contributed by atoms with Gasteiger partial charge in [-0.15, -0.1) is 0 Å². The molecule has 1 aromatic rings. The third-order valence-electron chi connectivity index (χ3n) is 11.1. The molecule has 0 spiro atoms. The first-order valence-electron chi connectivity index (χ1n) is 13.7. The molecule has 8 atom stereocenters. The number of rotatable bonds is 6. The molecule has 3 heteroatoms. The fraction of sp³-hybridized carbons (Fsp3) is 0.828. The van der Waals surface area contributed by atoms with Crippen LogP contribution in [-0.2, 0) is 0 Å². The first-order valence-corrected chi connectivity index (χ1v) is 14.0. The Balaban J connectivity index is 1.19. The lowest BCUT2D eigenvalue weighted by molar-refractivity contribution is -0.114. The zero-order chi connectivity index (χ0) is 22.3. The first kappa shape index (κ1) is 23.0. The molecule has 4 aliphatic rings. The van der Waals surface area contributed by atoms with Gasteiger partial charge in [-0.05, 0) is 117 Å². The molecule has 2 nitrogen and oxygen atoms in total. The van der Waals surface area contributed by atoms with Crippen molar-refractivity contribution in [3.05, 3.63) is 23.4 Å². The largest absolute Gasteiger partial charge is 0.478 e. The molecule has 0 radical (unpaired) electrons. The van der Waals surface area contributed by atoms with Crippen molar-refractivity contribution in [1.82, 2.24) is 4.98 Å². The Morgan fingerprint density at radius 3 is 2.69 bits per heavy atom. The second-order valence-electron chi connectivity index (χ2n) is 12.4. The minimum Gasteiger partial charge on any atom is -0.478 e. The van der Waals surface area contributed by atoms with Gasteiger partial charge >= 0.3 is 0 Å². The van der Waals surface area contributed by atoms with Crippen molar-refractivity contribution in [3.8, 4) is 5.88 Å². The fourth-order valence-corrected chi connectivity index (χ4v) is 9.68. The summed E-state index contributed by atoms with van der Waals surface area (Å²) in [5.41, 5.74) is 1.24. The molecule has 1 heterocycles. The normalized spacial score (nSPS) is 41.9. The number of fused-ring (bicyclic) bond motifs is 5. The maximum absolute atomic E-state index is 5.98. The molecule has 0 N–H and O–H groups in total. The Kier molecular flexibility index (Phi) is 6.56. The summed E-state index contributed by atoms with van der Waals surface area (Å²) in [4.78, 5) is 4.25. The van der Waals surface area contributed by atoms with Crippen LogP contribution in [-0.4, -0.2) is 11.6 Å². The average Bonchev–Trinajstić information content (AvgIpc) is 3.13. The predicted molar refractivity (Wildman–Crippen MR) is 133 cm³/mol. The lowest BCUT2D eigenvalue weighted by Gasteiger charge is -2.61. The molecule has 32 heavy (non-hydrogen) atoms. The van der Waals surface area contributed by atoms with Crippen molar-refractivity contribution < 1.29 is 4.74 Å². The lowest BCUT2D eigenvalue weighted by Crippen LogP contribution is -2.53. The Hall–Kier alpha value is -0.760. The third-order valence-corrected chi connectivity index (χ3v) is 11.3. The van der Waals surface area contributed by atoms with Crippen LogP contribution in [0, 0.1) is 46.3 Å². The van der Waals surface area contributed by atoms with Gasteiger partial charge in [0.15, 0.2) is 0 Å². The van der Waals surface area contributed by atoms with Crippen LogP contribution in [0.5, 0.6) is 5.88 Å². The van der Waals surface area contributed by atoms with Crippen LogP contribution in [0.4, 0.5) is 0 Å².